The molecule has 0 spiro atoms. The van der Waals surface area contributed by atoms with E-state index < -0.39 is 0 Å². The monoisotopic (exact) mass is 177 g/mol. The molecule has 1 aromatic heterocycles. The summed E-state index contributed by atoms with van der Waals surface area (Å²) >= 11 is 0. The quantitative estimate of drug-likeness (QED) is 0.626. The van der Waals surface area contributed by atoms with Crippen molar-refractivity contribution in [3.63, 3.8) is 0 Å². The lowest BCUT2D eigenvalue weighted by Gasteiger charge is -2.09. The molecule has 1 aromatic rings. The third-order valence-electron chi connectivity index (χ3n) is 1.99. The predicted octanol–water partition coefficient (Wildman–Crippen LogP) is 1.22. The van der Waals surface area contributed by atoms with E-state index in [4.69, 9.17) is 0 Å². The second kappa shape index (κ2) is 3.05. The fourth-order valence-electron chi connectivity index (χ4n) is 1.41. The molecular weight excluding hydrogens is 166 g/mol. The van der Waals surface area contributed by atoms with Gasteiger partial charge >= 0.3 is 0 Å². The van der Waals surface area contributed by atoms with Gasteiger partial charge in [0.25, 0.3) is 0 Å². The molecule has 1 aliphatic rings. The van der Waals surface area contributed by atoms with E-state index in [0.29, 0.717) is 6.42 Å². The maximum Gasteiger partial charge on any atom is 0.226 e. The number of fused-ring (bicyclic) bond motifs is 1. The Kier molecular flexibility index (Phi) is 1.88. The van der Waals surface area contributed by atoms with Crippen molar-refractivity contribution in [1.82, 2.24) is 4.98 Å². The predicted molar refractivity (Wildman–Crippen MR) is 50.6 cm³/mol. The van der Waals surface area contributed by atoms with Gasteiger partial charge in [-0.25, -0.2) is 0 Å². The zero-order chi connectivity index (χ0) is 9.26. The highest BCUT2D eigenvalue weighted by Crippen LogP contribution is 2.23. The van der Waals surface area contributed by atoms with Crippen molar-refractivity contribution in [3.8, 4) is 0 Å². The smallest absolute Gasteiger partial charge is 0.226 e. The number of nitrogens with zero attached hydrogens (tertiary/aromatic N) is 1. The van der Waals surface area contributed by atoms with Crippen LogP contribution < -0.4 is 10.6 Å². The van der Waals surface area contributed by atoms with Gasteiger partial charge < -0.3 is 10.6 Å². The zero-order valence-corrected chi connectivity index (χ0v) is 7.37. The third-order valence-corrected chi connectivity index (χ3v) is 1.99. The van der Waals surface area contributed by atoms with Crippen LogP contribution in [-0.2, 0) is 4.79 Å². The van der Waals surface area contributed by atoms with Crippen molar-refractivity contribution in [2.24, 2.45) is 0 Å². The van der Waals surface area contributed by atoms with Gasteiger partial charge in [0.05, 0.1) is 17.6 Å². The number of carbonyl (C=O) groups is 1. The van der Waals surface area contributed by atoms with Crippen LogP contribution in [-0.4, -0.2) is 16.9 Å². The Morgan fingerprint density at radius 1 is 1.54 bits per heavy atom. The number of pyridine rings is 1. The van der Waals surface area contributed by atoms with Gasteiger partial charge in [0, 0.05) is 18.7 Å². The Hall–Kier alpha value is -1.58. The number of hydrogen-bond donors (Lipinski definition) is 2. The van der Waals surface area contributed by atoms with Crippen LogP contribution in [0.25, 0.3) is 0 Å². The molecule has 4 heteroatoms. The van der Waals surface area contributed by atoms with E-state index in [0.717, 1.165) is 11.4 Å². The molecule has 0 radical (unpaired) electrons. The van der Waals surface area contributed by atoms with E-state index >= 15 is 0 Å². The van der Waals surface area contributed by atoms with E-state index in [9.17, 15) is 4.79 Å². The topological polar surface area (TPSA) is 54.0 Å². The summed E-state index contributed by atoms with van der Waals surface area (Å²) in [6, 6.07) is 1.95. The molecule has 4 nitrogen and oxygen atoms in total. The number of amides is 1. The Morgan fingerprint density at radius 2 is 2.38 bits per heavy atom. The van der Waals surface area contributed by atoms with Crippen molar-refractivity contribution >= 4 is 17.3 Å². The van der Waals surface area contributed by atoms with Gasteiger partial charge in [-0.05, 0) is 13.0 Å². The van der Waals surface area contributed by atoms with E-state index in [-0.39, 0.29) is 11.9 Å². The minimum absolute atomic E-state index is 0.0463. The molecule has 0 saturated carbocycles. The molecular formula is C9H11N3O. The lowest BCUT2D eigenvalue weighted by atomic mass is 10.2. The molecule has 2 rings (SSSR count). The molecule has 13 heavy (non-hydrogen) atoms. The molecule has 0 aliphatic carbocycles. The summed E-state index contributed by atoms with van der Waals surface area (Å²) in [5, 5.41) is 6.02. The van der Waals surface area contributed by atoms with Gasteiger partial charge in [-0.1, -0.05) is 0 Å². The number of anilines is 2. The van der Waals surface area contributed by atoms with Crippen LogP contribution in [0.15, 0.2) is 18.5 Å². The fourth-order valence-corrected chi connectivity index (χ4v) is 1.41. The van der Waals surface area contributed by atoms with Crippen molar-refractivity contribution in [3.05, 3.63) is 18.5 Å². The molecule has 1 aliphatic heterocycles. The molecule has 2 heterocycles. The first-order valence-corrected chi connectivity index (χ1v) is 4.26. The third kappa shape index (κ3) is 1.61. The Bertz CT molecular complexity index is 337. The van der Waals surface area contributed by atoms with Crippen LogP contribution in [0.4, 0.5) is 11.4 Å². The van der Waals surface area contributed by atoms with Crippen molar-refractivity contribution < 1.29 is 4.79 Å². The highest BCUT2D eigenvalue weighted by Gasteiger charge is 2.16. The van der Waals surface area contributed by atoms with Crippen molar-refractivity contribution in [2.45, 2.75) is 19.4 Å². The first-order valence-electron chi connectivity index (χ1n) is 4.26. The van der Waals surface area contributed by atoms with E-state index in [1.165, 1.54) is 0 Å². The number of carbonyl (C=O) groups excluding carboxylic acids is 1. The SMILES string of the molecule is CC1CC(=O)Nc2ccncc2N1. The summed E-state index contributed by atoms with van der Waals surface area (Å²) in [5.74, 6) is 0.0463. The van der Waals surface area contributed by atoms with Crippen molar-refractivity contribution in [2.75, 3.05) is 10.6 Å². The Labute approximate surface area is 76.4 Å². The summed E-state index contributed by atoms with van der Waals surface area (Å²) < 4.78 is 0. The summed E-state index contributed by atoms with van der Waals surface area (Å²) in [6.45, 7) is 1.97. The minimum atomic E-state index is 0.0463. The summed E-state index contributed by atoms with van der Waals surface area (Å²) in [5.41, 5.74) is 1.70. The van der Waals surface area contributed by atoms with Gasteiger partial charge in [0.2, 0.25) is 5.91 Å². The van der Waals surface area contributed by atoms with E-state index in [2.05, 4.69) is 15.6 Å². The normalized spacial score (nSPS) is 21.0. The van der Waals surface area contributed by atoms with Gasteiger partial charge in [-0.3, -0.25) is 9.78 Å². The summed E-state index contributed by atoms with van der Waals surface area (Å²) in [7, 11) is 0. The molecule has 68 valence electrons. The summed E-state index contributed by atoms with van der Waals surface area (Å²) in [6.07, 6.45) is 3.88. The average molecular weight is 177 g/mol. The molecule has 0 fully saturated rings. The standard InChI is InChI=1S/C9H11N3O/c1-6-4-9(13)12-7-2-3-10-5-8(7)11-6/h2-3,5-6,11H,4H2,1H3,(H,12,13). The van der Waals surface area contributed by atoms with Crippen LogP contribution in [0.1, 0.15) is 13.3 Å². The lowest BCUT2D eigenvalue weighted by Crippen LogP contribution is -2.18. The first kappa shape index (κ1) is 8.04. The second-order valence-electron chi connectivity index (χ2n) is 3.22. The van der Waals surface area contributed by atoms with Gasteiger partial charge in [-0.2, -0.15) is 0 Å². The van der Waals surface area contributed by atoms with Crippen LogP contribution in [0.3, 0.4) is 0 Å². The number of aromatic nitrogens is 1. The first-order chi connectivity index (χ1) is 6.25. The molecule has 0 saturated heterocycles. The molecule has 0 bridgehead atoms. The van der Waals surface area contributed by atoms with Crippen LogP contribution in [0.5, 0.6) is 0 Å². The Balaban J connectivity index is 2.38. The highest BCUT2D eigenvalue weighted by molar-refractivity contribution is 5.96. The maximum absolute atomic E-state index is 11.3. The van der Waals surface area contributed by atoms with E-state index in [1.54, 1.807) is 18.5 Å². The molecule has 1 amide bonds. The van der Waals surface area contributed by atoms with Crippen LogP contribution in [0.2, 0.25) is 0 Å². The zero-order valence-electron chi connectivity index (χ0n) is 7.37. The highest BCUT2D eigenvalue weighted by atomic mass is 16.1. The summed E-state index contributed by atoms with van der Waals surface area (Å²) in [4.78, 5) is 15.3. The van der Waals surface area contributed by atoms with Gasteiger partial charge in [0.15, 0.2) is 0 Å². The largest absolute Gasteiger partial charge is 0.379 e. The van der Waals surface area contributed by atoms with Crippen LogP contribution >= 0.6 is 0 Å². The number of nitrogens with one attached hydrogen (secondary N) is 2. The van der Waals surface area contributed by atoms with Crippen LogP contribution in [0, 0.1) is 0 Å². The lowest BCUT2D eigenvalue weighted by molar-refractivity contribution is -0.116. The molecule has 1 atom stereocenters. The second-order valence-corrected chi connectivity index (χ2v) is 3.22. The Morgan fingerprint density at radius 3 is 3.23 bits per heavy atom. The maximum atomic E-state index is 11.3. The van der Waals surface area contributed by atoms with Gasteiger partial charge in [-0.15, -0.1) is 0 Å². The molecule has 0 aromatic carbocycles. The minimum Gasteiger partial charge on any atom is -0.379 e. The molecule has 2 N–H and O–H groups in total. The average Bonchev–Trinajstić information content (AvgIpc) is 2.20. The number of rotatable bonds is 0. The van der Waals surface area contributed by atoms with E-state index in [1.807, 2.05) is 6.92 Å². The van der Waals surface area contributed by atoms with Crippen molar-refractivity contribution in [1.29, 1.82) is 0 Å². The van der Waals surface area contributed by atoms with Gasteiger partial charge in [0.1, 0.15) is 0 Å². The molecule has 1 unspecified atom stereocenters. The fraction of sp³-hybridized carbons (Fsp3) is 0.333. The number of hydrogen-bond acceptors (Lipinski definition) is 3.